The Morgan fingerprint density at radius 1 is 0.824 bits per heavy atom. The van der Waals surface area contributed by atoms with Crippen LogP contribution >= 0.6 is 12.6 Å². The van der Waals surface area contributed by atoms with E-state index in [1.807, 2.05) is 59.7 Å². The summed E-state index contributed by atoms with van der Waals surface area (Å²) in [7, 11) is 0. The highest BCUT2D eigenvalue weighted by Gasteiger charge is 2.19. The number of ether oxygens (including phenoxy) is 2. The summed E-state index contributed by atoms with van der Waals surface area (Å²) in [4.78, 5) is 0.866. The van der Waals surface area contributed by atoms with Gasteiger partial charge in [0.25, 0.3) is 0 Å². The molecule has 0 aliphatic heterocycles. The van der Waals surface area contributed by atoms with Crippen LogP contribution in [0.2, 0.25) is 0 Å². The highest BCUT2D eigenvalue weighted by atomic mass is 32.1. The van der Waals surface area contributed by atoms with Crippen molar-refractivity contribution in [3.8, 4) is 11.5 Å². The summed E-state index contributed by atoms with van der Waals surface area (Å²) in [5, 5.41) is 0. The van der Waals surface area contributed by atoms with E-state index in [9.17, 15) is 0 Å². The van der Waals surface area contributed by atoms with E-state index >= 15 is 0 Å². The van der Waals surface area contributed by atoms with Gasteiger partial charge in [0.2, 0.25) is 0 Å². The molecule has 0 saturated carbocycles. The molecule has 1 aromatic rings. The lowest BCUT2D eigenvalue weighted by molar-refractivity contribution is 0.0954. The van der Waals surface area contributed by atoms with Gasteiger partial charge < -0.3 is 9.47 Å². The first kappa shape index (κ1) is 14.2. The molecule has 0 amide bonds. The predicted molar refractivity (Wildman–Crippen MR) is 74.5 cm³/mol. The maximum Gasteiger partial charge on any atom is 0.163 e. The van der Waals surface area contributed by atoms with Gasteiger partial charge in [-0.2, -0.15) is 0 Å². The first-order valence-electron chi connectivity index (χ1n) is 5.78. The van der Waals surface area contributed by atoms with Gasteiger partial charge in [-0.1, -0.05) is 0 Å². The van der Waals surface area contributed by atoms with Crippen LogP contribution in [0.15, 0.2) is 23.1 Å². The topological polar surface area (TPSA) is 18.5 Å². The molecule has 0 aliphatic carbocycles. The molecule has 1 rings (SSSR count). The van der Waals surface area contributed by atoms with E-state index in [1.165, 1.54) is 0 Å². The van der Waals surface area contributed by atoms with Crippen molar-refractivity contribution >= 4 is 12.6 Å². The van der Waals surface area contributed by atoms with Gasteiger partial charge in [-0.15, -0.1) is 12.6 Å². The second-order valence-electron chi connectivity index (χ2n) is 6.06. The Morgan fingerprint density at radius 2 is 1.29 bits per heavy atom. The molecule has 0 atom stereocenters. The zero-order valence-electron chi connectivity index (χ0n) is 11.5. The minimum absolute atomic E-state index is 0.242. The Labute approximate surface area is 110 Å². The van der Waals surface area contributed by atoms with Crippen molar-refractivity contribution in [2.75, 3.05) is 0 Å². The third-order valence-corrected chi connectivity index (χ3v) is 2.04. The SMILES string of the molecule is CC(C)(C)Oc1ccc(S)cc1OC(C)(C)C. The molecule has 0 aromatic heterocycles. The summed E-state index contributed by atoms with van der Waals surface area (Å²) in [6.45, 7) is 12.1. The minimum atomic E-state index is -0.252. The van der Waals surface area contributed by atoms with Gasteiger partial charge in [-0.25, -0.2) is 0 Å². The molecule has 0 aliphatic rings. The fraction of sp³-hybridized carbons (Fsp3) is 0.571. The lowest BCUT2D eigenvalue weighted by atomic mass is 10.1. The average Bonchev–Trinajstić information content (AvgIpc) is 2.05. The second-order valence-corrected chi connectivity index (χ2v) is 6.58. The Kier molecular flexibility index (Phi) is 4.03. The first-order valence-corrected chi connectivity index (χ1v) is 6.23. The van der Waals surface area contributed by atoms with Crippen LogP contribution in [0, 0.1) is 0 Å². The molecule has 0 heterocycles. The Balaban J connectivity index is 3.04. The maximum atomic E-state index is 5.89. The molecule has 0 fully saturated rings. The molecular weight excluding hydrogens is 232 g/mol. The van der Waals surface area contributed by atoms with E-state index in [2.05, 4.69) is 12.6 Å². The Morgan fingerprint density at radius 3 is 1.76 bits per heavy atom. The van der Waals surface area contributed by atoms with Gasteiger partial charge in [0, 0.05) is 4.90 Å². The zero-order valence-corrected chi connectivity index (χ0v) is 12.4. The largest absolute Gasteiger partial charge is 0.484 e. The van der Waals surface area contributed by atoms with E-state index in [0.29, 0.717) is 0 Å². The maximum absolute atomic E-state index is 5.89. The number of benzene rings is 1. The van der Waals surface area contributed by atoms with Crippen LogP contribution in [0.4, 0.5) is 0 Å². The minimum Gasteiger partial charge on any atom is -0.484 e. The van der Waals surface area contributed by atoms with Crippen LogP contribution in [-0.4, -0.2) is 11.2 Å². The molecule has 17 heavy (non-hydrogen) atoms. The summed E-state index contributed by atoms with van der Waals surface area (Å²) in [6, 6.07) is 5.68. The van der Waals surface area contributed by atoms with Crippen LogP contribution in [0.3, 0.4) is 0 Å². The molecule has 0 unspecified atom stereocenters. The lowest BCUT2D eigenvalue weighted by Crippen LogP contribution is -2.26. The third kappa shape index (κ3) is 5.35. The van der Waals surface area contributed by atoms with Gasteiger partial charge in [-0.3, -0.25) is 0 Å². The van der Waals surface area contributed by atoms with Crippen LogP contribution in [-0.2, 0) is 0 Å². The monoisotopic (exact) mass is 254 g/mol. The van der Waals surface area contributed by atoms with E-state index in [4.69, 9.17) is 9.47 Å². The van der Waals surface area contributed by atoms with Crippen molar-refractivity contribution in [3.63, 3.8) is 0 Å². The molecule has 96 valence electrons. The molecule has 0 bridgehead atoms. The predicted octanol–water partition coefficient (Wildman–Crippen LogP) is 4.33. The van der Waals surface area contributed by atoms with Gasteiger partial charge in [0.05, 0.1) is 0 Å². The van der Waals surface area contributed by atoms with Crippen molar-refractivity contribution in [2.45, 2.75) is 57.6 Å². The standard InChI is InChI=1S/C14H22O2S/c1-13(2,3)15-11-8-7-10(17)9-12(11)16-14(4,5)6/h7-9,17H,1-6H3. The fourth-order valence-corrected chi connectivity index (χ4v) is 1.51. The quantitative estimate of drug-likeness (QED) is 0.792. The highest BCUT2D eigenvalue weighted by Crippen LogP contribution is 2.34. The summed E-state index contributed by atoms with van der Waals surface area (Å²) < 4.78 is 11.8. The summed E-state index contributed by atoms with van der Waals surface area (Å²) in [5.41, 5.74) is -0.494. The smallest absolute Gasteiger partial charge is 0.163 e. The third-order valence-electron chi connectivity index (χ3n) is 1.76. The number of rotatable bonds is 2. The summed E-state index contributed by atoms with van der Waals surface area (Å²) in [6.07, 6.45) is 0. The average molecular weight is 254 g/mol. The first-order chi connectivity index (χ1) is 7.57. The number of hydrogen-bond donors (Lipinski definition) is 1. The van der Waals surface area contributed by atoms with Crippen molar-refractivity contribution in [1.82, 2.24) is 0 Å². The molecule has 2 nitrogen and oxygen atoms in total. The molecule has 0 radical (unpaired) electrons. The van der Waals surface area contributed by atoms with Gasteiger partial charge in [0.15, 0.2) is 11.5 Å². The van der Waals surface area contributed by atoms with Crippen LogP contribution in [0.1, 0.15) is 41.5 Å². The van der Waals surface area contributed by atoms with Crippen LogP contribution < -0.4 is 9.47 Å². The Hall–Kier alpha value is -0.830. The summed E-state index contributed by atoms with van der Waals surface area (Å²) >= 11 is 4.33. The van der Waals surface area contributed by atoms with Crippen molar-refractivity contribution in [2.24, 2.45) is 0 Å². The van der Waals surface area contributed by atoms with E-state index in [-0.39, 0.29) is 11.2 Å². The molecule has 0 spiro atoms. The van der Waals surface area contributed by atoms with E-state index < -0.39 is 0 Å². The number of thiol groups is 1. The van der Waals surface area contributed by atoms with Gasteiger partial charge in [0.1, 0.15) is 11.2 Å². The normalized spacial score (nSPS) is 12.4. The van der Waals surface area contributed by atoms with Crippen molar-refractivity contribution in [3.05, 3.63) is 18.2 Å². The lowest BCUT2D eigenvalue weighted by Gasteiger charge is -2.27. The number of hydrogen-bond acceptors (Lipinski definition) is 3. The van der Waals surface area contributed by atoms with Crippen molar-refractivity contribution < 1.29 is 9.47 Å². The van der Waals surface area contributed by atoms with Gasteiger partial charge in [-0.05, 0) is 59.7 Å². The molecule has 0 saturated heterocycles. The van der Waals surface area contributed by atoms with E-state index in [0.717, 1.165) is 16.4 Å². The van der Waals surface area contributed by atoms with Gasteiger partial charge >= 0.3 is 0 Å². The van der Waals surface area contributed by atoms with Crippen LogP contribution in [0.5, 0.6) is 11.5 Å². The Bertz CT molecular complexity index is 386. The summed E-state index contributed by atoms with van der Waals surface area (Å²) in [5.74, 6) is 1.49. The zero-order chi connectivity index (χ0) is 13.3. The molecule has 0 N–H and O–H groups in total. The molecular formula is C14H22O2S. The van der Waals surface area contributed by atoms with E-state index in [1.54, 1.807) is 0 Å². The highest BCUT2D eigenvalue weighted by molar-refractivity contribution is 7.80. The molecule has 1 aromatic carbocycles. The fourth-order valence-electron chi connectivity index (χ4n) is 1.32. The second kappa shape index (κ2) is 4.81. The van der Waals surface area contributed by atoms with Crippen molar-refractivity contribution in [1.29, 1.82) is 0 Å². The van der Waals surface area contributed by atoms with Crippen LogP contribution in [0.25, 0.3) is 0 Å². The molecule has 3 heteroatoms.